The summed E-state index contributed by atoms with van der Waals surface area (Å²) in [4.78, 5) is 127. The van der Waals surface area contributed by atoms with Crippen molar-refractivity contribution in [1.82, 2.24) is 99.3 Å². The van der Waals surface area contributed by atoms with E-state index in [9.17, 15) is 25.3 Å². The van der Waals surface area contributed by atoms with Crippen molar-refractivity contribution in [3.8, 4) is 0 Å². The summed E-state index contributed by atoms with van der Waals surface area (Å²) >= 11 is 0. The molecular weight excluding hydrogens is 1460 g/mol. The highest BCUT2D eigenvalue weighted by atomic mass is 16.2. The minimum atomic E-state index is -4.11. The fraction of sp³-hybridized carbons (Fsp3) is 0.500. The Morgan fingerprint density at radius 1 is 0.383 bits per heavy atom. The Kier molecular flexibility index (Phi) is 10.8. The maximum Gasteiger partial charge on any atom is 0.302 e. The summed E-state index contributed by atoms with van der Waals surface area (Å²) < 4.78 is 554. The monoisotopic (exact) mass is 1630 g/mol. The van der Waals surface area contributed by atoms with Gasteiger partial charge < -0.3 is 98.1 Å². The summed E-state index contributed by atoms with van der Waals surface area (Å²) in [5.41, 5.74) is 0.220. The molecule has 5 aliphatic rings. The molecule has 600 valence electrons. The minimum Gasteiger partial charge on any atom is -0.354 e. The Morgan fingerprint density at radius 3 is 0.974 bits per heavy atom. The van der Waals surface area contributed by atoms with E-state index in [1.54, 1.807) is 0 Å². The van der Waals surface area contributed by atoms with Gasteiger partial charge in [-0.1, -0.05) is 34.5 Å². The molecule has 35 heteroatoms. The van der Waals surface area contributed by atoms with Crippen molar-refractivity contribution in [2.75, 3.05) is 157 Å². The Balaban J connectivity index is 0.000000211. The van der Waals surface area contributed by atoms with Gasteiger partial charge in [0.2, 0.25) is 0 Å². The third kappa shape index (κ3) is 19.2. The van der Waals surface area contributed by atoms with E-state index in [-0.39, 0.29) is 74.8 Å². The van der Waals surface area contributed by atoms with E-state index in [1.165, 1.54) is 61.3 Å². The highest BCUT2D eigenvalue weighted by Crippen LogP contribution is 2.35. The number of hydrogen-bond acceptors (Lipinski definition) is 20. The SMILES string of the molecule is [2H]C([2H])([N+]#[C-])C(=O)N1C([2H])([2H])C([2H])([2H])[C@@H](C([2H])([2H])[2H])[C@@]([2H])(N(c2ncnc3[nH]ccc23)C([2H])([2H])[2H])C1([2H])[2H].[2H]C([2H])([N+]#[C-])C(=O)N1C([2H])([2H])C([2H])([2H])[C@@H](C)[C@@]([2H])(N(c2ncnc3[nH]ccc23)C([2H])([2H])[2H])C1([2H])[2H].[2H]C([2H])([N+]#[C-])C(=O)N1C([2H])([2H])C([2H])([2H])[C@@]([2H])(C)[C@@]([2H])(N(c2ncnc3[nH]ccc23)C([2H])([2H])[2H])C1([2H])[2H].[2H]C([2H])([N+]#[C-])C(=O)N1C([2H])([2H])[C@H](N(c2ncnc3[nH]ccc23)C([2H])([2H])[2H])[C@]([2H])(C([2H])([2H])[2H])C([2H])([2H])C1([2H])[2H].[2H]C([2H])([N+]#[C-])C(=O)N1C([2H])([2H])[C@H](N(c2ncnc3[nH]ccc23)C([2H])([2H])[2H])[C@]([2H])(C)C([2H])([2H])C1([2H])[2H]. The second-order valence-corrected chi connectivity index (χ2v) is 22.4. The molecule has 15 heterocycles. The summed E-state index contributed by atoms with van der Waals surface area (Å²) in [6.07, 6.45) is -7.51. The number of nitrogens with one attached hydrogen (secondary N) is 5. The second-order valence-electron chi connectivity index (χ2n) is 22.4. The van der Waals surface area contributed by atoms with Crippen molar-refractivity contribution in [3.63, 3.8) is 0 Å². The fourth-order valence-electron chi connectivity index (χ4n) is 10.0. The van der Waals surface area contributed by atoms with Crippen molar-refractivity contribution in [2.24, 2.45) is 29.5 Å². The van der Waals surface area contributed by atoms with Gasteiger partial charge in [0, 0.05) is 191 Å². The third-order valence-corrected chi connectivity index (χ3v) is 15.4. The number of likely N-dealkylation sites (tertiary alicyclic amines) is 5. The van der Waals surface area contributed by atoms with E-state index in [2.05, 4.69) is 99.0 Å². The molecule has 5 saturated heterocycles. The van der Waals surface area contributed by atoms with E-state index in [0.717, 1.165) is 45.5 Å². The van der Waals surface area contributed by atoms with Gasteiger partial charge in [0.25, 0.3) is 32.5 Å². The number of amides is 5. The van der Waals surface area contributed by atoms with E-state index in [1.807, 2.05) is 0 Å². The molecule has 5 amide bonds. The Morgan fingerprint density at radius 2 is 0.652 bits per heavy atom. The lowest BCUT2D eigenvalue weighted by Crippen LogP contribution is -2.53. The van der Waals surface area contributed by atoms with Gasteiger partial charge in [0.05, 0.1) is 74.9 Å². The van der Waals surface area contributed by atoms with E-state index in [0.29, 0.717) is 11.8 Å². The number of nitrogens with zero attached hydrogens (tertiary/aromatic N) is 25. The molecular formula is C80H100N30O5. The number of carbonyl (C=O) groups excluding carboxylic acids is 5. The number of aromatic nitrogens is 15. The van der Waals surface area contributed by atoms with Gasteiger partial charge in [-0.25, -0.2) is 82.7 Å². The molecule has 0 unspecified atom stereocenters. The quantitative estimate of drug-likeness (QED) is 0.0612. The largest absolute Gasteiger partial charge is 0.354 e. The van der Waals surface area contributed by atoms with Crippen molar-refractivity contribution >= 4 is 114 Å². The lowest BCUT2D eigenvalue weighted by Gasteiger charge is -2.41. The van der Waals surface area contributed by atoms with Crippen LogP contribution in [0.15, 0.2) is 93.0 Å². The number of fused-ring (bicyclic) bond motifs is 5. The van der Waals surface area contributed by atoms with Gasteiger partial charge in [-0.15, -0.1) is 0 Å². The van der Waals surface area contributed by atoms with Crippen LogP contribution in [0, 0.1) is 62.4 Å². The van der Waals surface area contributed by atoms with Crippen LogP contribution in [0.1, 0.15) is 158 Å². The first-order valence-electron chi connectivity index (χ1n) is 65.3. The number of aromatic amines is 5. The van der Waals surface area contributed by atoms with Crippen molar-refractivity contribution in [1.29, 1.82) is 0 Å². The number of rotatable bonds is 15. The number of carbonyl (C=O) groups is 5. The molecule has 10 aromatic rings. The second kappa shape index (κ2) is 38.4. The molecule has 35 nitrogen and oxygen atoms in total. The molecule has 0 spiro atoms. The number of likely N-dealkylation sites (N-methyl/N-ethyl adjacent to an activating group) is 5. The number of piperidine rings is 5. The predicted molar refractivity (Wildman–Crippen MR) is 440 cm³/mol. The van der Waals surface area contributed by atoms with Crippen LogP contribution in [0.5, 0.6) is 0 Å². The summed E-state index contributed by atoms with van der Waals surface area (Å²) in [6, 6.07) is -10.1. The summed E-state index contributed by atoms with van der Waals surface area (Å²) in [5, 5.41) is -0.300. The summed E-state index contributed by atoms with van der Waals surface area (Å²) in [6.45, 7) is -44.6. The first kappa shape index (κ1) is 32.4. The molecule has 0 aliphatic carbocycles. The number of anilines is 5. The van der Waals surface area contributed by atoms with Crippen LogP contribution in [0.3, 0.4) is 0 Å². The topological polar surface area (TPSA) is 347 Å². The molecule has 0 bridgehead atoms. The highest BCUT2D eigenvalue weighted by molar-refractivity contribution is 5.91. The Labute approximate surface area is 762 Å². The zero-order valence-electron chi connectivity index (χ0n) is 126. The van der Waals surface area contributed by atoms with Crippen LogP contribution in [-0.2, 0) is 24.0 Å². The minimum absolute atomic E-state index is 0.00832. The molecule has 0 saturated carbocycles. The van der Waals surface area contributed by atoms with Gasteiger partial charge in [-0.2, -0.15) is 0 Å². The normalized spacial score (nSPS) is 41.6. The van der Waals surface area contributed by atoms with E-state index < -0.39 is 321 Å². The van der Waals surface area contributed by atoms with Gasteiger partial charge in [0.1, 0.15) is 103 Å². The van der Waals surface area contributed by atoms with Crippen LogP contribution in [0.25, 0.3) is 79.4 Å². The van der Waals surface area contributed by atoms with E-state index >= 15 is 0 Å². The molecule has 5 N–H and O–H groups in total. The molecule has 0 aromatic carbocycles. The molecule has 10 aromatic heterocycles. The van der Waals surface area contributed by atoms with Crippen molar-refractivity contribution in [3.05, 3.63) is 150 Å². The zero-order chi connectivity index (χ0) is 141. The molecule has 0 radical (unpaired) electrons. The highest BCUT2D eigenvalue weighted by Gasteiger charge is 2.39. The first-order valence-corrected chi connectivity index (χ1v) is 31.8. The lowest BCUT2D eigenvalue weighted by molar-refractivity contribution is -0.131. The van der Waals surface area contributed by atoms with Crippen LogP contribution < -0.4 is 24.5 Å². The predicted octanol–water partition coefficient (Wildman–Crippen LogP) is 7.75. The maximum atomic E-state index is 13.1. The van der Waals surface area contributed by atoms with Gasteiger partial charge in [-0.05, 0) is 91.7 Å². The van der Waals surface area contributed by atoms with Crippen molar-refractivity contribution in [2.45, 2.75) is 96.5 Å². The third-order valence-electron chi connectivity index (χ3n) is 15.4. The zero-order valence-corrected chi connectivity index (χ0v) is 58.7. The molecule has 10 atom stereocenters. The lowest BCUT2D eigenvalue weighted by atomic mass is 9.92. The Bertz CT molecular complexity index is 8470. The number of H-pyrrole nitrogens is 5. The van der Waals surface area contributed by atoms with Crippen LogP contribution >= 0.6 is 0 Å². The fourth-order valence-corrected chi connectivity index (χ4v) is 10.0. The summed E-state index contributed by atoms with van der Waals surface area (Å²) in [7, 11) is 0. The van der Waals surface area contributed by atoms with Gasteiger partial charge >= 0.3 is 29.5 Å². The first-order chi connectivity index (χ1) is 81.3. The van der Waals surface area contributed by atoms with Gasteiger partial charge in [0.15, 0.2) is 0 Å². The molecule has 5 fully saturated rings. The summed E-state index contributed by atoms with van der Waals surface area (Å²) in [5.74, 6) is -29.4. The maximum absolute atomic E-state index is 13.1. The van der Waals surface area contributed by atoms with E-state index in [4.69, 9.17) is 123 Å². The average molecular weight is 1630 g/mol. The molecule has 115 heavy (non-hydrogen) atoms. The smallest absolute Gasteiger partial charge is 0.302 e. The van der Waals surface area contributed by atoms with Gasteiger partial charge in [-0.3, -0.25) is 24.0 Å². The molecule has 5 aliphatic heterocycles. The van der Waals surface area contributed by atoms with Crippen LogP contribution in [-0.4, -0.2) is 291 Å². The van der Waals surface area contributed by atoms with Crippen LogP contribution in [0.2, 0.25) is 0 Å². The Hall–Kier alpha value is -13.1. The average Bonchev–Trinajstić information content (AvgIpc) is 0.678. The van der Waals surface area contributed by atoms with Crippen LogP contribution in [0.4, 0.5) is 29.1 Å². The number of hydrogen-bond donors (Lipinski definition) is 5. The molecule has 15 rings (SSSR count). The van der Waals surface area contributed by atoms with Crippen molar-refractivity contribution < 1.29 is 116 Å². The standard InChI is InChI=1S/5C16H20N6O/c5*1-11-5-7-22(14(23)8-17-2)9-13(11)21(3)16-12-4-6-18-15(12)19-10-20-16/h5*4,6,10-11,13H,5,7-9H2,1,3H3,(H,18,19,20)/t5*11-,13+/m11111/s1/i3D3,5D2,7D2,8D2,9D2,11D,13D;1D3,3D3,5D2,7D2,8D2,9D2,13D;1D3,3D3,5D2,7D2,8D2,9D2,11D;3D3,5D2,7D2,8D2,9D2,13D;3D3,5D2,7D2,8D2,9D2,11D.